The first kappa shape index (κ1) is 20.9. The summed E-state index contributed by atoms with van der Waals surface area (Å²) < 4.78 is 17.7. The van der Waals surface area contributed by atoms with Crippen molar-refractivity contribution in [3.8, 4) is 0 Å². The van der Waals surface area contributed by atoms with Crippen LogP contribution in [0.3, 0.4) is 0 Å². The second-order valence-corrected chi connectivity index (χ2v) is 9.07. The van der Waals surface area contributed by atoms with E-state index in [1.807, 2.05) is 34.9 Å². The summed E-state index contributed by atoms with van der Waals surface area (Å²) in [6.45, 7) is 3.37. The number of piperidine rings is 1. The fourth-order valence-corrected chi connectivity index (χ4v) is 5.66. The van der Waals surface area contributed by atoms with Gasteiger partial charge in [-0.25, -0.2) is 9.18 Å². The summed E-state index contributed by atoms with van der Waals surface area (Å²) in [6.07, 6.45) is 4.51. The SMILES string of the molecule is CC(C(N)=O)n1c(=O)n(C2CCN(C3CCCc4c(F)cccc43)CC2)c2ccccc21. The Morgan fingerprint density at radius 3 is 2.50 bits per heavy atom. The highest BCUT2D eigenvalue weighted by molar-refractivity contribution is 5.82. The third-order valence-electron chi connectivity index (χ3n) is 7.34. The first-order valence-corrected chi connectivity index (χ1v) is 11.5. The van der Waals surface area contributed by atoms with Crippen LogP contribution >= 0.6 is 0 Å². The fourth-order valence-electron chi connectivity index (χ4n) is 5.66. The number of hydrogen-bond acceptors (Lipinski definition) is 3. The van der Waals surface area contributed by atoms with Crippen LogP contribution in [0.2, 0.25) is 0 Å². The number of primary amides is 1. The zero-order valence-corrected chi connectivity index (χ0v) is 18.3. The van der Waals surface area contributed by atoms with E-state index in [-0.39, 0.29) is 23.6 Å². The second kappa shape index (κ2) is 8.20. The molecule has 0 spiro atoms. The fraction of sp³-hybridized carbons (Fsp3) is 0.440. The molecule has 0 saturated carbocycles. The summed E-state index contributed by atoms with van der Waals surface area (Å²) in [7, 11) is 0. The second-order valence-electron chi connectivity index (χ2n) is 9.07. The van der Waals surface area contributed by atoms with Crippen LogP contribution in [0.1, 0.15) is 61.9 Å². The van der Waals surface area contributed by atoms with Crippen molar-refractivity contribution in [1.82, 2.24) is 14.0 Å². The molecule has 0 radical (unpaired) electrons. The van der Waals surface area contributed by atoms with E-state index in [0.717, 1.165) is 67.4 Å². The van der Waals surface area contributed by atoms with Gasteiger partial charge in [0.15, 0.2) is 0 Å². The molecule has 1 amide bonds. The maximum Gasteiger partial charge on any atom is 0.330 e. The van der Waals surface area contributed by atoms with Crippen LogP contribution < -0.4 is 11.4 Å². The summed E-state index contributed by atoms with van der Waals surface area (Å²) in [5, 5.41) is 0. The van der Waals surface area contributed by atoms with Crippen LogP contribution in [0.15, 0.2) is 47.3 Å². The molecule has 2 N–H and O–H groups in total. The van der Waals surface area contributed by atoms with Gasteiger partial charge in [-0.1, -0.05) is 24.3 Å². The Hall–Kier alpha value is -2.93. The van der Waals surface area contributed by atoms with Crippen molar-refractivity contribution in [1.29, 1.82) is 0 Å². The monoisotopic (exact) mass is 436 g/mol. The Labute approximate surface area is 186 Å². The molecule has 7 heteroatoms. The molecule has 2 aliphatic rings. The largest absolute Gasteiger partial charge is 0.368 e. The Bertz CT molecular complexity index is 1220. The number of halogens is 1. The number of nitrogens with two attached hydrogens (primary N) is 1. The lowest BCUT2D eigenvalue weighted by molar-refractivity contribution is -0.120. The molecule has 2 heterocycles. The minimum Gasteiger partial charge on any atom is -0.368 e. The minimum atomic E-state index is -0.706. The molecule has 1 aromatic heterocycles. The van der Waals surface area contributed by atoms with Crippen LogP contribution in [0, 0.1) is 5.82 Å². The normalized spacial score (nSPS) is 20.9. The average Bonchev–Trinajstić information content (AvgIpc) is 3.10. The number of imidazole rings is 1. The number of rotatable bonds is 4. The van der Waals surface area contributed by atoms with Crippen molar-refractivity contribution < 1.29 is 9.18 Å². The molecule has 6 nitrogen and oxygen atoms in total. The zero-order valence-electron chi connectivity index (χ0n) is 18.3. The highest BCUT2D eigenvalue weighted by atomic mass is 19.1. The molecule has 2 atom stereocenters. The highest BCUT2D eigenvalue weighted by Gasteiger charge is 2.32. The van der Waals surface area contributed by atoms with Gasteiger partial charge in [-0.2, -0.15) is 0 Å². The van der Waals surface area contributed by atoms with Crippen molar-refractivity contribution >= 4 is 16.9 Å². The lowest BCUT2D eigenvalue weighted by Gasteiger charge is -2.40. The standard InChI is InChI=1S/C25H29FN4O2/c1-16(24(27)31)29-22-9-2-3-10-23(22)30(25(29)32)17-12-14-28(15-13-17)21-11-5-6-18-19(21)7-4-8-20(18)26/h2-4,7-10,16-17,21H,5-6,11-15H2,1H3,(H2,27,31). The lowest BCUT2D eigenvalue weighted by atomic mass is 9.85. The lowest BCUT2D eigenvalue weighted by Crippen LogP contribution is -2.41. The van der Waals surface area contributed by atoms with E-state index in [1.54, 1.807) is 13.0 Å². The van der Waals surface area contributed by atoms with Gasteiger partial charge >= 0.3 is 5.69 Å². The van der Waals surface area contributed by atoms with Crippen LogP contribution in [0.25, 0.3) is 11.0 Å². The predicted molar refractivity (Wildman–Crippen MR) is 122 cm³/mol. The highest BCUT2D eigenvalue weighted by Crippen LogP contribution is 2.38. The molecule has 0 bridgehead atoms. The van der Waals surface area contributed by atoms with Crippen LogP contribution in [-0.2, 0) is 11.2 Å². The first-order chi connectivity index (χ1) is 15.5. The summed E-state index contributed by atoms with van der Waals surface area (Å²) in [6, 6.07) is 12.6. The molecule has 2 aromatic carbocycles. The Balaban J connectivity index is 1.43. The molecule has 2 unspecified atom stereocenters. The van der Waals surface area contributed by atoms with Crippen LogP contribution in [-0.4, -0.2) is 33.0 Å². The molecule has 5 rings (SSSR count). The number of hydrogen-bond donors (Lipinski definition) is 1. The van der Waals surface area contributed by atoms with Crippen molar-refractivity contribution in [3.05, 3.63) is 69.9 Å². The number of fused-ring (bicyclic) bond motifs is 2. The molecule has 1 saturated heterocycles. The zero-order chi connectivity index (χ0) is 22.4. The maximum atomic E-state index is 14.3. The molecule has 3 aromatic rings. The molecule has 1 aliphatic carbocycles. The van der Waals surface area contributed by atoms with Crippen molar-refractivity contribution in [2.45, 2.75) is 57.2 Å². The number of carbonyl (C=O) groups is 1. The number of nitrogens with zero attached hydrogens (tertiary/aromatic N) is 3. The number of aromatic nitrogens is 2. The molecule has 1 aliphatic heterocycles. The third-order valence-corrected chi connectivity index (χ3v) is 7.34. The quantitative estimate of drug-likeness (QED) is 0.678. The van der Waals surface area contributed by atoms with E-state index < -0.39 is 11.9 Å². The molecule has 1 fully saturated rings. The number of para-hydroxylation sites is 2. The van der Waals surface area contributed by atoms with Gasteiger partial charge in [0.2, 0.25) is 5.91 Å². The van der Waals surface area contributed by atoms with Crippen molar-refractivity contribution in [3.63, 3.8) is 0 Å². The predicted octanol–water partition coefficient (Wildman–Crippen LogP) is 3.70. The number of likely N-dealkylation sites (tertiary alicyclic amines) is 1. The van der Waals surface area contributed by atoms with Gasteiger partial charge in [0.1, 0.15) is 11.9 Å². The topological polar surface area (TPSA) is 73.3 Å². The molecule has 32 heavy (non-hydrogen) atoms. The van der Waals surface area contributed by atoms with Gasteiger partial charge in [0, 0.05) is 25.2 Å². The van der Waals surface area contributed by atoms with Gasteiger partial charge in [0.05, 0.1) is 11.0 Å². The van der Waals surface area contributed by atoms with Gasteiger partial charge in [0.25, 0.3) is 0 Å². The van der Waals surface area contributed by atoms with Crippen molar-refractivity contribution in [2.75, 3.05) is 13.1 Å². The van der Waals surface area contributed by atoms with E-state index in [2.05, 4.69) is 11.0 Å². The maximum absolute atomic E-state index is 14.3. The van der Waals surface area contributed by atoms with E-state index in [4.69, 9.17) is 5.73 Å². The number of carbonyl (C=O) groups excluding carboxylic acids is 1. The van der Waals surface area contributed by atoms with E-state index >= 15 is 0 Å². The smallest absolute Gasteiger partial charge is 0.330 e. The number of amides is 1. The summed E-state index contributed by atoms with van der Waals surface area (Å²) in [5.74, 6) is -0.613. The summed E-state index contributed by atoms with van der Waals surface area (Å²) in [4.78, 5) is 27.7. The Morgan fingerprint density at radius 1 is 1.06 bits per heavy atom. The summed E-state index contributed by atoms with van der Waals surface area (Å²) >= 11 is 0. The summed E-state index contributed by atoms with van der Waals surface area (Å²) in [5.41, 5.74) is 8.92. The van der Waals surface area contributed by atoms with E-state index in [9.17, 15) is 14.0 Å². The van der Waals surface area contributed by atoms with Crippen LogP contribution in [0.5, 0.6) is 0 Å². The van der Waals surface area contributed by atoms with Crippen molar-refractivity contribution in [2.24, 2.45) is 5.73 Å². The molecule has 168 valence electrons. The number of benzene rings is 2. The molecular formula is C25H29FN4O2. The Kier molecular flexibility index (Phi) is 5.37. The van der Waals surface area contributed by atoms with E-state index in [0.29, 0.717) is 0 Å². The van der Waals surface area contributed by atoms with Gasteiger partial charge in [-0.3, -0.25) is 18.8 Å². The minimum absolute atomic E-state index is 0.0561. The van der Waals surface area contributed by atoms with Gasteiger partial charge < -0.3 is 5.73 Å². The third kappa shape index (κ3) is 3.35. The Morgan fingerprint density at radius 2 is 1.78 bits per heavy atom. The van der Waals surface area contributed by atoms with Crippen LogP contribution in [0.4, 0.5) is 4.39 Å². The van der Waals surface area contributed by atoms with E-state index in [1.165, 1.54) is 4.57 Å². The first-order valence-electron chi connectivity index (χ1n) is 11.5. The molecular weight excluding hydrogens is 407 g/mol. The van der Waals surface area contributed by atoms with Gasteiger partial charge in [-0.15, -0.1) is 0 Å². The van der Waals surface area contributed by atoms with Gasteiger partial charge in [-0.05, 0) is 68.4 Å². The average molecular weight is 437 g/mol.